The summed E-state index contributed by atoms with van der Waals surface area (Å²) in [7, 11) is -3.80. The molecule has 0 aliphatic carbocycles. The average molecular weight is 384 g/mol. The minimum Gasteiger partial charge on any atom is -0.322 e. The molecule has 0 bridgehead atoms. The summed E-state index contributed by atoms with van der Waals surface area (Å²) >= 11 is 0. The summed E-state index contributed by atoms with van der Waals surface area (Å²) in [5.74, 6) is -0.648. The minimum atomic E-state index is -4.47. The number of benzene rings is 2. The Balaban J connectivity index is 2.18. The lowest BCUT2D eigenvalue weighted by atomic mass is 10.2. The summed E-state index contributed by atoms with van der Waals surface area (Å²) in [6, 6.07) is 9.20. The van der Waals surface area contributed by atoms with Gasteiger partial charge in [0.25, 0.3) is 5.91 Å². The number of alkyl halides is 3. The van der Waals surface area contributed by atoms with Crippen molar-refractivity contribution in [2.45, 2.75) is 11.1 Å². The van der Waals surface area contributed by atoms with Crippen molar-refractivity contribution in [2.75, 3.05) is 11.9 Å². The second-order valence-corrected chi connectivity index (χ2v) is 6.96. The number of hydrogen-bond donors (Lipinski definition) is 2. The number of sulfonamides is 1. The van der Waals surface area contributed by atoms with Gasteiger partial charge in [-0.2, -0.15) is 13.2 Å². The molecule has 0 fully saturated rings. The van der Waals surface area contributed by atoms with E-state index in [0.717, 1.165) is 24.3 Å². The monoisotopic (exact) mass is 384 g/mol. The summed E-state index contributed by atoms with van der Waals surface area (Å²) in [4.78, 5) is 12.1. The highest BCUT2D eigenvalue weighted by Gasteiger charge is 2.30. The molecule has 0 aliphatic rings. The van der Waals surface area contributed by atoms with Gasteiger partial charge in [0.1, 0.15) is 0 Å². The van der Waals surface area contributed by atoms with Crippen molar-refractivity contribution >= 4 is 21.6 Å². The number of carbonyl (C=O) groups excluding carboxylic acids is 1. The molecule has 0 aliphatic heterocycles. The number of halogens is 3. The highest BCUT2D eigenvalue weighted by molar-refractivity contribution is 7.89. The van der Waals surface area contributed by atoms with Gasteiger partial charge in [-0.15, -0.1) is 6.58 Å². The van der Waals surface area contributed by atoms with Crippen LogP contribution in [0.3, 0.4) is 0 Å². The van der Waals surface area contributed by atoms with Crippen LogP contribution in [0, 0.1) is 0 Å². The van der Waals surface area contributed by atoms with E-state index in [4.69, 9.17) is 0 Å². The van der Waals surface area contributed by atoms with Gasteiger partial charge in [0.05, 0.1) is 10.5 Å². The summed E-state index contributed by atoms with van der Waals surface area (Å²) in [5.41, 5.74) is -0.635. The summed E-state index contributed by atoms with van der Waals surface area (Å²) in [5, 5.41) is 2.42. The zero-order valence-electron chi connectivity index (χ0n) is 13.4. The van der Waals surface area contributed by atoms with Crippen molar-refractivity contribution in [1.29, 1.82) is 0 Å². The second kappa shape index (κ2) is 7.71. The van der Waals surface area contributed by atoms with Crippen LogP contribution in [0.1, 0.15) is 15.9 Å². The standard InChI is InChI=1S/C17H15F3N2O3S/c1-2-10-21-26(24,25)15-5-3-4-12(11-15)16(23)22-14-8-6-13(7-9-14)17(18,19)20/h2-9,11,21H,1,10H2,(H,22,23). The van der Waals surface area contributed by atoms with Gasteiger partial charge in [-0.1, -0.05) is 12.1 Å². The Morgan fingerprint density at radius 1 is 1.12 bits per heavy atom. The number of anilines is 1. The molecule has 0 heterocycles. The molecule has 0 unspecified atom stereocenters. The molecule has 0 saturated carbocycles. The SMILES string of the molecule is C=CCNS(=O)(=O)c1cccc(C(=O)Nc2ccc(C(F)(F)F)cc2)c1. The highest BCUT2D eigenvalue weighted by Crippen LogP contribution is 2.29. The number of amides is 1. The Morgan fingerprint density at radius 3 is 2.35 bits per heavy atom. The molecule has 0 atom stereocenters. The molecule has 1 amide bonds. The van der Waals surface area contributed by atoms with E-state index < -0.39 is 27.7 Å². The second-order valence-electron chi connectivity index (χ2n) is 5.20. The largest absolute Gasteiger partial charge is 0.416 e. The van der Waals surface area contributed by atoms with Gasteiger partial charge in [-0.25, -0.2) is 13.1 Å². The Bertz CT molecular complexity index is 908. The van der Waals surface area contributed by atoms with Crippen LogP contribution in [0.25, 0.3) is 0 Å². The van der Waals surface area contributed by atoms with E-state index in [9.17, 15) is 26.4 Å². The van der Waals surface area contributed by atoms with E-state index in [1.807, 2.05) is 0 Å². The number of hydrogen-bond acceptors (Lipinski definition) is 3. The molecule has 2 aromatic carbocycles. The van der Waals surface area contributed by atoms with Crippen LogP contribution >= 0.6 is 0 Å². The van der Waals surface area contributed by atoms with Crippen LogP contribution in [0.5, 0.6) is 0 Å². The Labute approximate surface area is 148 Å². The molecule has 0 spiro atoms. The van der Waals surface area contributed by atoms with Gasteiger partial charge in [-0.05, 0) is 42.5 Å². The summed E-state index contributed by atoms with van der Waals surface area (Å²) in [6.45, 7) is 3.44. The van der Waals surface area contributed by atoms with Gasteiger partial charge < -0.3 is 5.32 Å². The van der Waals surface area contributed by atoms with Crippen LogP contribution in [0.2, 0.25) is 0 Å². The average Bonchev–Trinajstić information content (AvgIpc) is 2.60. The van der Waals surface area contributed by atoms with Gasteiger partial charge in [-0.3, -0.25) is 4.79 Å². The molecule has 0 saturated heterocycles. The Kier molecular flexibility index (Phi) is 5.83. The van der Waals surface area contributed by atoms with Crippen LogP contribution in [-0.2, 0) is 16.2 Å². The lowest BCUT2D eigenvalue weighted by Gasteiger charge is -2.10. The van der Waals surface area contributed by atoms with E-state index >= 15 is 0 Å². The summed E-state index contributed by atoms with van der Waals surface area (Å²) in [6.07, 6.45) is -3.09. The van der Waals surface area contributed by atoms with Gasteiger partial charge >= 0.3 is 6.18 Å². The smallest absolute Gasteiger partial charge is 0.322 e. The van der Waals surface area contributed by atoms with Crippen LogP contribution in [0.15, 0.2) is 66.1 Å². The molecule has 2 N–H and O–H groups in total. The maximum atomic E-state index is 12.5. The van der Waals surface area contributed by atoms with Gasteiger partial charge in [0, 0.05) is 17.8 Å². The predicted molar refractivity (Wildman–Crippen MR) is 91.2 cm³/mol. The first kappa shape index (κ1) is 19.7. The molecule has 138 valence electrons. The number of nitrogens with one attached hydrogen (secondary N) is 2. The van der Waals surface area contributed by atoms with E-state index in [-0.39, 0.29) is 22.7 Å². The van der Waals surface area contributed by atoms with Crippen molar-refractivity contribution < 1.29 is 26.4 Å². The minimum absolute atomic E-state index is 0.0321. The highest BCUT2D eigenvalue weighted by atomic mass is 32.2. The first-order valence-corrected chi connectivity index (χ1v) is 8.81. The first-order valence-electron chi connectivity index (χ1n) is 7.33. The lowest BCUT2D eigenvalue weighted by molar-refractivity contribution is -0.137. The molecule has 26 heavy (non-hydrogen) atoms. The summed E-state index contributed by atoms with van der Waals surface area (Å²) < 4.78 is 64.0. The van der Waals surface area contributed by atoms with Crippen molar-refractivity contribution in [2.24, 2.45) is 0 Å². The van der Waals surface area contributed by atoms with E-state index in [0.29, 0.717) is 0 Å². The molecule has 9 heteroatoms. The topological polar surface area (TPSA) is 75.3 Å². The normalized spacial score (nSPS) is 11.8. The zero-order chi connectivity index (χ0) is 19.4. The fourth-order valence-electron chi connectivity index (χ4n) is 2.00. The van der Waals surface area contributed by atoms with Crippen molar-refractivity contribution in [3.63, 3.8) is 0 Å². The third-order valence-electron chi connectivity index (χ3n) is 3.29. The fraction of sp³-hybridized carbons (Fsp3) is 0.118. The molecule has 0 aromatic heterocycles. The quantitative estimate of drug-likeness (QED) is 0.750. The van der Waals surface area contributed by atoms with Crippen LogP contribution in [-0.4, -0.2) is 20.9 Å². The molecule has 2 rings (SSSR count). The Morgan fingerprint density at radius 2 is 1.77 bits per heavy atom. The number of rotatable bonds is 6. The molecular formula is C17H15F3N2O3S. The third-order valence-corrected chi connectivity index (χ3v) is 4.72. The van der Waals surface area contributed by atoms with Crippen molar-refractivity contribution in [1.82, 2.24) is 4.72 Å². The first-order chi connectivity index (χ1) is 12.1. The van der Waals surface area contributed by atoms with E-state index in [1.54, 1.807) is 0 Å². The number of carbonyl (C=O) groups is 1. The fourth-order valence-corrected chi connectivity index (χ4v) is 3.05. The van der Waals surface area contributed by atoms with Gasteiger partial charge in [0.15, 0.2) is 0 Å². The maximum absolute atomic E-state index is 12.5. The van der Waals surface area contributed by atoms with E-state index in [2.05, 4.69) is 16.6 Å². The van der Waals surface area contributed by atoms with Crippen LogP contribution < -0.4 is 10.0 Å². The lowest BCUT2D eigenvalue weighted by Crippen LogP contribution is -2.24. The molecular weight excluding hydrogens is 369 g/mol. The molecule has 0 radical (unpaired) electrons. The van der Waals surface area contributed by atoms with Crippen molar-refractivity contribution in [3.05, 3.63) is 72.3 Å². The molecule has 2 aromatic rings. The Hall–Kier alpha value is -2.65. The van der Waals surface area contributed by atoms with E-state index in [1.165, 1.54) is 30.3 Å². The maximum Gasteiger partial charge on any atom is 0.416 e. The van der Waals surface area contributed by atoms with Crippen molar-refractivity contribution in [3.8, 4) is 0 Å². The van der Waals surface area contributed by atoms with Gasteiger partial charge in [0.2, 0.25) is 10.0 Å². The van der Waals surface area contributed by atoms with Crippen LogP contribution in [0.4, 0.5) is 18.9 Å². The molecule has 5 nitrogen and oxygen atoms in total. The third kappa shape index (κ3) is 4.93. The zero-order valence-corrected chi connectivity index (χ0v) is 14.2. The predicted octanol–water partition coefficient (Wildman–Crippen LogP) is 3.42.